The summed E-state index contributed by atoms with van der Waals surface area (Å²) in [6.45, 7) is 4.00. The lowest BCUT2D eigenvalue weighted by molar-refractivity contribution is 1.16. The lowest BCUT2D eigenvalue weighted by Gasteiger charge is -2.01. The molecule has 2 N–H and O–H groups in total. The van der Waals surface area contributed by atoms with E-state index in [2.05, 4.69) is 17.1 Å². The van der Waals surface area contributed by atoms with Gasteiger partial charge in [-0.15, -0.1) is 0 Å². The molecule has 0 saturated heterocycles. The van der Waals surface area contributed by atoms with Gasteiger partial charge in [-0.1, -0.05) is 26.0 Å². The molecule has 84 valence electrons. The van der Waals surface area contributed by atoms with Crippen molar-refractivity contribution >= 4 is 5.69 Å². The van der Waals surface area contributed by atoms with Crippen molar-refractivity contribution in [2.45, 2.75) is 20.3 Å². The van der Waals surface area contributed by atoms with Crippen LogP contribution >= 0.6 is 0 Å². The van der Waals surface area contributed by atoms with Crippen molar-refractivity contribution in [3.8, 4) is 0 Å². The second-order valence-electron chi connectivity index (χ2n) is 3.27. The topological polar surface area (TPSA) is 38.9 Å². The second kappa shape index (κ2) is 6.62. The predicted molar refractivity (Wildman–Crippen MR) is 69.2 cm³/mol. The maximum Gasteiger partial charge on any atom is 0.0314 e. The molecule has 0 aliphatic heterocycles. The summed E-state index contributed by atoms with van der Waals surface area (Å²) in [4.78, 5) is 3.98. The Morgan fingerprint density at radius 1 is 0.875 bits per heavy atom. The van der Waals surface area contributed by atoms with Gasteiger partial charge in [0.15, 0.2) is 0 Å². The van der Waals surface area contributed by atoms with Gasteiger partial charge in [-0.3, -0.25) is 4.98 Å². The van der Waals surface area contributed by atoms with Crippen LogP contribution in [-0.4, -0.2) is 4.98 Å². The fourth-order valence-electron chi connectivity index (χ4n) is 1.37. The third kappa shape index (κ3) is 3.73. The summed E-state index contributed by atoms with van der Waals surface area (Å²) in [6.07, 6.45) is 4.56. The van der Waals surface area contributed by atoms with E-state index in [1.54, 1.807) is 0 Å². The monoisotopic (exact) mass is 214 g/mol. The third-order valence-corrected chi connectivity index (χ3v) is 2.14. The predicted octanol–water partition coefficient (Wildman–Crippen LogP) is 3.28. The number of rotatable bonds is 2. The summed E-state index contributed by atoms with van der Waals surface area (Å²) in [5, 5.41) is 0. The summed E-state index contributed by atoms with van der Waals surface area (Å²) in [6, 6.07) is 12.0. The zero-order chi connectivity index (χ0) is 11.8. The van der Waals surface area contributed by atoms with Crippen molar-refractivity contribution in [2.75, 3.05) is 5.73 Å². The van der Waals surface area contributed by atoms with E-state index in [1.807, 2.05) is 50.5 Å². The Morgan fingerprint density at radius 2 is 1.38 bits per heavy atom. The minimum atomic E-state index is 0.809. The van der Waals surface area contributed by atoms with Gasteiger partial charge >= 0.3 is 0 Å². The number of hydrogen-bond donors (Lipinski definition) is 1. The van der Waals surface area contributed by atoms with Crippen LogP contribution in [0.4, 0.5) is 5.69 Å². The van der Waals surface area contributed by atoms with Crippen molar-refractivity contribution in [3.05, 3.63) is 59.9 Å². The fourth-order valence-corrected chi connectivity index (χ4v) is 1.37. The molecular weight excluding hydrogens is 196 g/mol. The Morgan fingerprint density at radius 3 is 1.94 bits per heavy atom. The largest absolute Gasteiger partial charge is 0.399 e. The Bertz CT molecular complexity index is 393. The maximum absolute atomic E-state index is 5.61. The maximum atomic E-state index is 5.61. The molecule has 0 spiro atoms. The molecule has 1 heterocycles. The van der Waals surface area contributed by atoms with Crippen LogP contribution in [0.3, 0.4) is 0 Å². The van der Waals surface area contributed by atoms with Gasteiger partial charge in [-0.2, -0.15) is 0 Å². The Labute approximate surface area is 97.1 Å². The molecule has 0 radical (unpaired) electrons. The third-order valence-electron chi connectivity index (χ3n) is 2.14. The summed E-state index contributed by atoms with van der Waals surface area (Å²) in [5.74, 6) is 0. The molecule has 0 aliphatic carbocycles. The van der Waals surface area contributed by atoms with Crippen LogP contribution in [0.5, 0.6) is 0 Å². The van der Waals surface area contributed by atoms with Crippen molar-refractivity contribution < 1.29 is 0 Å². The van der Waals surface area contributed by atoms with Crippen LogP contribution in [0.2, 0.25) is 0 Å². The quantitative estimate of drug-likeness (QED) is 0.779. The first kappa shape index (κ1) is 12.2. The molecule has 0 amide bonds. The smallest absolute Gasteiger partial charge is 0.0314 e. The molecule has 2 aromatic rings. The van der Waals surface area contributed by atoms with E-state index in [0.717, 1.165) is 12.1 Å². The number of nitrogens with zero attached hydrogens (tertiary/aromatic N) is 1. The molecule has 2 heteroatoms. The Hall–Kier alpha value is -1.83. The van der Waals surface area contributed by atoms with Crippen LogP contribution in [0, 0.1) is 0 Å². The SMILES string of the molecule is CC.Nc1ccc(Cc2ccncc2)cc1. The summed E-state index contributed by atoms with van der Waals surface area (Å²) < 4.78 is 0. The highest BCUT2D eigenvalue weighted by Crippen LogP contribution is 2.10. The molecule has 0 saturated carbocycles. The first-order valence-corrected chi connectivity index (χ1v) is 5.58. The number of nitrogens with two attached hydrogens (primary N) is 1. The van der Waals surface area contributed by atoms with E-state index in [9.17, 15) is 0 Å². The van der Waals surface area contributed by atoms with E-state index >= 15 is 0 Å². The van der Waals surface area contributed by atoms with Crippen LogP contribution in [-0.2, 0) is 6.42 Å². The highest BCUT2D eigenvalue weighted by molar-refractivity contribution is 5.40. The van der Waals surface area contributed by atoms with Crippen molar-refractivity contribution in [2.24, 2.45) is 0 Å². The van der Waals surface area contributed by atoms with Crippen LogP contribution in [0.15, 0.2) is 48.8 Å². The molecule has 2 nitrogen and oxygen atoms in total. The van der Waals surface area contributed by atoms with Gasteiger partial charge in [0.2, 0.25) is 0 Å². The number of hydrogen-bond acceptors (Lipinski definition) is 2. The summed E-state index contributed by atoms with van der Waals surface area (Å²) in [5.41, 5.74) is 8.96. The number of nitrogen functional groups attached to an aromatic ring is 1. The first-order valence-electron chi connectivity index (χ1n) is 5.58. The Balaban J connectivity index is 0.000000606. The van der Waals surface area contributed by atoms with Crippen molar-refractivity contribution in [1.82, 2.24) is 4.98 Å². The number of benzene rings is 1. The molecule has 2 rings (SSSR count). The molecule has 0 unspecified atom stereocenters. The van der Waals surface area contributed by atoms with E-state index in [0.29, 0.717) is 0 Å². The lowest BCUT2D eigenvalue weighted by atomic mass is 10.1. The Kier molecular flexibility index (Phi) is 5.06. The highest BCUT2D eigenvalue weighted by atomic mass is 14.6. The second-order valence-corrected chi connectivity index (χ2v) is 3.27. The van der Waals surface area contributed by atoms with E-state index in [-0.39, 0.29) is 0 Å². The van der Waals surface area contributed by atoms with Gasteiger partial charge in [0.05, 0.1) is 0 Å². The molecule has 1 aromatic carbocycles. The first-order chi connectivity index (χ1) is 7.84. The number of anilines is 1. The molecule has 0 aliphatic rings. The van der Waals surface area contributed by atoms with Gasteiger partial charge in [-0.05, 0) is 41.8 Å². The summed E-state index contributed by atoms with van der Waals surface area (Å²) >= 11 is 0. The average Bonchev–Trinajstić information content (AvgIpc) is 2.36. The molecule has 16 heavy (non-hydrogen) atoms. The van der Waals surface area contributed by atoms with Crippen LogP contribution in [0.1, 0.15) is 25.0 Å². The standard InChI is InChI=1S/C12H12N2.C2H6/c13-12-3-1-10(2-4-12)9-11-5-7-14-8-6-11;1-2/h1-8H,9,13H2;1-2H3. The van der Waals surface area contributed by atoms with Crippen LogP contribution < -0.4 is 5.73 Å². The van der Waals surface area contributed by atoms with Gasteiger partial charge in [-0.25, -0.2) is 0 Å². The van der Waals surface area contributed by atoms with E-state index < -0.39 is 0 Å². The fraction of sp³-hybridized carbons (Fsp3) is 0.214. The summed E-state index contributed by atoms with van der Waals surface area (Å²) in [7, 11) is 0. The molecule has 0 fully saturated rings. The lowest BCUT2D eigenvalue weighted by Crippen LogP contribution is -1.89. The van der Waals surface area contributed by atoms with Gasteiger partial charge < -0.3 is 5.73 Å². The van der Waals surface area contributed by atoms with Gasteiger partial charge in [0.1, 0.15) is 0 Å². The van der Waals surface area contributed by atoms with E-state index in [4.69, 9.17) is 5.73 Å². The molecule has 0 bridgehead atoms. The number of pyridine rings is 1. The number of aromatic nitrogens is 1. The minimum Gasteiger partial charge on any atom is -0.399 e. The average molecular weight is 214 g/mol. The van der Waals surface area contributed by atoms with Gasteiger partial charge in [0.25, 0.3) is 0 Å². The molecular formula is C14H18N2. The van der Waals surface area contributed by atoms with E-state index in [1.165, 1.54) is 11.1 Å². The van der Waals surface area contributed by atoms with Crippen molar-refractivity contribution in [3.63, 3.8) is 0 Å². The minimum absolute atomic E-state index is 0.809. The van der Waals surface area contributed by atoms with Crippen molar-refractivity contribution in [1.29, 1.82) is 0 Å². The molecule has 1 aromatic heterocycles. The zero-order valence-electron chi connectivity index (χ0n) is 9.85. The highest BCUT2D eigenvalue weighted by Gasteiger charge is 1.94. The molecule has 0 atom stereocenters. The normalized spacial score (nSPS) is 9.12. The van der Waals surface area contributed by atoms with Gasteiger partial charge in [0, 0.05) is 18.1 Å². The van der Waals surface area contributed by atoms with Crippen LogP contribution in [0.25, 0.3) is 0 Å². The zero-order valence-corrected chi connectivity index (χ0v) is 9.85.